The predicted octanol–water partition coefficient (Wildman–Crippen LogP) is 3.00. The Labute approximate surface area is 127 Å². The summed E-state index contributed by atoms with van der Waals surface area (Å²) in [4.78, 5) is 15.6. The number of carbonyl (C=O) groups excluding carboxylic acids is 1. The van der Waals surface area contributed by atoms with Crippen molar-refractivity contribution in [2.45, 2.75) is 11.3 Å². The maximum absolute atomic E-state index is 12.0. The first-order valence-corrected chi connectivity index (χ1v) is 7.21. The van der Waals surface area contributed by atoms with Crippen molar-refractivity contribution < 1.29 is 18.0 Å². The molecule has 0 aliphatic rings. The van der Waals surface area contributed by atoms with Gasteiger partial charge in [0.15, 0.2) is 5.16 Å². The third-order valence-corrected chi connectivity index (χ3v) is 3.89. The third-order valence-electron chi connectivity index (χ3n) is 2.62. The van der Waals surface area contributed by atoms with Crippen LogP contribution in [-0.2, 0) is 11.8 Å². The summed E-state index contributed by atoms with van der Waals surface area (Å²) in [5.74, 6) is -0.830. The zero-order valence-corrected chi connectivity index (χ0v) is 12.4. The number of aryl methyl sites for hydroxylation is 1. The Morgan fingerprint density at radius 3 is 2.86 bits per heavy atom. The van der Waals surface area contributed by atoms with Crippen LogP contribution in [0.4, 0.5) is 13.2 Å². The van der Waals surface area contributed by atoms with Gasteiger partial charge in [0, 0.05) is 12.1 Å². The van der Waals surface area contributed by atoms with E-state index in [4.69, 9.17) is 11.6 Å². The van der Waals surface area contributed by atoms with Crippen molar-refractivity contribution >= 4 is 40.3 Å². The Bertz CT molecular complexity index is 672. The summed E-state index contributed by atoms with van der Waals surface area (Å²) in [6.07, 6.45) is -4.41. The first-order valence-electron chi connectivity index (χ1n) is 5.84. The highest BCUT2D eigenvalue weighted by molar-refractivity contribution is 7.99. The van der Waals surface area contributed by atoms with Gasteiger partial charge in [0.25, 0.3) is 0 Å². The second-order valence-corrected chi connectivity index (χ2v) is 5.65. The molecule has 0 aliphatic heterocycles. The fourth-order valence-corrected chi connectivity index (χ4v) is 2.64. The minimum Gasteiger partial charge on any atom is -0.346 e. The Balaban J connectivity index is 2.00. The molecule has 2 aromatic rings. The van der Waals surface area contributed by atoms with Crippen molar-refractivity contribution in [1.82, 2.24) is 14.9 Å². The number of halogens is 4. The summed E-state index contributed by atoms with van der Waals surface area (Å²) in [7, 11) is 1.76. The summed E-state index contributed by atoms with van der Waals surface area (Å²) in [6, 6.07) is 5.19. The van der Waals surface area contributed by atoms with Gasteiger partial charge in [-0.05, 0) is 18.2 Å². The molecule has 114 valence electrons. The van der Waals surface area contributed by atoms with E-state index in [2.05, 4.69) is 4.98 Å². The van der Waals surface area contributed by atoms with Gasteiger partial charge in [-0.1, -0.05) is 23.4 Å². The third kappa shape index (κ3) is 4.28. The molecule has 0 saturated carbocycles. The average molecular weight is 338 g/mol. The van der Waals surface area contributed by atoms with E-state index in [1.54, 1.807) is 29.8 Å². The molecule has 0 saturated heterocycles. The topological polar surface area (TPSA) is 46.9 Å². The first-order chi connectivity index (χ1) is 9.76. The SMILES string of the molecule is Cn1c(SCC(=O)NCC(F)(F)F)nc2cc(Cl)ccc21. The van der Waals surface area contributed by atoms with Gasteiger partial charge < -0.3 is 9.88 Å². The van der Waals surface area contributed by atoms with Crippen molar-refractivity contribution in [2.75, 3.05) is 12.3 Å². The first kappa shape index (κ1) is 16.0. The van der Waals surface area contributed by atoms with Crippen LogP contribution in [0.5, 0.6) is 0 Å². The lowest BCUT2D eigenvalue weighted by Gasteiger charge is -2.07. The largest absolute Gasteiger partial charge is 0.405 e. The molecule has 1 amide bonds. The molecule has 0 unspecified atom stereocenters. The van der Waals surface area contributed by atoms with E-state index in [1.165, 1.54) is 0 Å². The van der Waals surface area contributed by atoms with Crippen molar-refractivity contribution in [3.8, 4) is 0 Å². The minimum atomic E-state index is -4.41. The second kappa shape index (κ2) is 6.15. The number of aromatic nitrogens is 2. The summed E-state index contributed by atoms with van der Waals surface area (Å²) in [5, 5.41) is 2.89. The molecule has 0 aliphatic carbocycles. The Morgan fingerprint density at radius 1 is 1.48 bits per heavy atom. The van der Waals surface area contributed by atoms with Crippen LogP contribution in [0.15, 0.2) is 23.4 Å². The van der Waals surface area contributed by atoms with Gasteiger partial charge in [-0.2, -0.15) is 13.2 Å². The van der Waals surface area contributed by atoms with Crippen LogP contribution in [0.3, 0.4) is 0 Å². The summed E-state index contributed by atoms with van der Waals surface area (Å²) in [6.45, 7) is -1.33. The molecule has 21 heavy (non-hydrogen) atoms. The normalized spacial score (nSPS) is 11.9. The highest BCUT2D eigenvalue weighted by Crippen LogP contribution is 2.25. The highest BCUT2D eigenvalue weighted by Gasteiger charge is 2.27. The van der Waals surface area contributed by atoms with Crippen LogP contribution in [0.2, 0.25) is 5.02 Å². The standard InChI is InChI=1S/C12H11ClF3N3OS/c1-19-9-3-2-7(13)4-8(9)18-11(19)21-5-10(20)17-6-12(14,15)16/h2-4H,5-6H2,1H3,(H,17,20). The average Bonchev–Trinajstić information content (AvgIpc) is 2.69. The molecule has 1 aromatic heterocycles. The molecule has 2 rings (SSSR count). The van der Waals surface area contributed by atoms with Gasteiger partial charge in [0.2, 0.25) is 5.91 Å². The molecule has 0 bridgehead atoms. The number of nitrogens with one attached hydrogen (secondary N) is 1. The number of hydrogen-bond donors (Lipinski definition) is 1. The monoisotopic (exact) mass is 337 g/mol. The maximum atomic E-state index is 12.0. The van der Waals surface area contributed by atoms with Crippen molar-refractivity contribution in [3.05, 3.63) is 23.2 Å². The molecule has 9 heteroatoms. The van der Waals surface area contributed by atoms with Crippen LogP contribution in [-0.4, -0.2) is 33.9 Å². The molecule has 0 fully saturated rings. The fraction of sp³-hybridized carbons (Fsp3) is 0.333. The Morgan fingerprint density at radius 2 is 2.19 bits per heavy atom. The van der Waals surface area contributed by atoms with Gasteiger partial charge in [-0.3, -0.25) is 4.79 Å². The number of fused-ring (bicyclic) bond motifs is 1. The number of amides is 1. The van der Waals surface area contributed by atoms with Crippen LogP contribution in [0.25, 0.3) is 11.0 Å². The molecule has 0 atom stereocenters. The highest BCUT2D eigenvalue weighted by atomic mass is 35.5. The lowest BCUT2D eigenvalue weighted by Crippen LogP contribution is -2.34. The summed E-state index contributed by atoms with van der Waals surface area (Å²) < 4.78 is 37.7. The molecule has 0 radical (unpaired) electrons. The number of rotatable bonds is 4. The lowest BCUT2D eigenvalue weighted by atomic mass is 10.3. The zero-order chi connectivity index (χ0) is 15.6. The Kier molecular flexibility index (Phi) is 4.67. The zero-order valence-electron chi connectivity index (χ0n) is 10.9. The number of benzene rings is 1. The maximum Gasteiger partial charge on any atom is 0.405 e. The lowest BCUT2D eigenvalue weighted by molar-refractivity contribution is -0.136. The fourth-order valence-electron chi connectivity index (χ4n) is 1.66. The van der Waals surface area contributed by atoms with E-state index < -0.39 is 18.6 Å². The van der Waals surface area contributed by atoms with E-state index in [0.29, 0.717) is 15.7 Å². The van der Waals surface area contributed by atoms with Gasteiger partial charge in [0.05, 0.1) is 16.8 Å². The van der Waals surface area contributed by atoms with Gasteiger partial charge in [-0.15, -0.1) is 0 Å². The predicted molar refractivity (Wildman–Crippen MR) is 75.5 cm³/mol. The number of thioether (sulfide) groups is 1. The quantitative estimate of drug-likeness (QED) is 0.872. The van der Waals surface area contributed by atoms with Crippen LogP contribution >= 0.6 is 23.4 Å². The van der Waals surface area contributed by atoms with E-state index in [-0.39, 0.29) is 5.75 Å². The molecule has 1 heterocycles. The van der Waals surface area contributed by atoms with E-state index >= 15 is 0 Å². The van der Waals surface area contributed by atoms with Crippen molar-refractivity contribution in [3.63, 3.8) is 0 Å². The van der Waals surface area contributed by atoms with Gasteiger partial charge >= 0.3 is 6.18 Å². The van der Waals surface area contributed by atoms with Gasteiger partial charge in [0.1, 0.15) is 6.54 Å². The molecule has 0 spiro atoms. The van der Waals surface area contributed by atoms with Crippen molar-refractivity contribution in [1.29, 1.82) is 0 Å². The Hall–Kier alpha value is -1.41. The second-order valence-electron chi connectivity index (χ2n) is 4.27. The van der Waals surface area contributed by atoms with Crippen LogP contribution < -0.4 is 5.32 Å². The molecular formula is C12H11ClF3N3OS. The number of carbonyl (C=O) groups is 1. The van der Waals surface area contributed by atoms with Gasteiger partial charge in [-0.25, -0.2) is 4.98 Å². The number of nitrogens with zero attached hydrogens (tertiary/aromatic N) is 2. The van der Waals surface area contributed by atoms with Crippen LogP contribution in [0.1, 0.15) is 0 Å². The summed E-state index contributed by atoms with van der Waals surface area (Å²) in [5.41, 5.74) is 1.50. The number of imidazole rings is 1. The smallest absolute Gasteiger partial charge is 0.346 e. The molecule has 1 N–H and O–H groups in total. The molecule has 1 aromatic carbocycles. The molecular weight excluding hydrogens is 327 g/mol. The number of alkyl halides is 3. The van der Waals surface area contributed by atoms with E-state index in [9.17, 15) is 18.0 Å². The van der Waals surface area contributed by atoms with E-state index in [0.717, 1.165) is 17.3 Å². The minimum absolute atomic E-state index is 0.138. The van der Waals surface area contributed by atoms with E-state index in [1.807, 2.05) is 5.32 Å². The summed E-state index contributed by atoms with van der Waals surface area (Å²) >= 11 is 6.93. The van der Waals surface area contributed by atoms with Crippen LogP contribution in [0, 0.1) is 0 Å². The number of hydrogen-bond acceptors (Lipinski definition) is 3. The molecule has 4 nitrogen and oxygen atoms in total. The van der Waals surface area contributed by atoms with Crippen molar-refractivity contribution in [2.24, 2.45) is 7.05 Å².